The lowest BCUT2D eigenvalue weighted by molar-refractivity contribution is 0.330. The molecule has 2 rings (SSSR count). The number of hydrogen-bond acceptors (Lipinski definition) is 2. The van der Waals surface area contributed by atoms with Crippen LogP contribution in [0.2, 0.25) is 0 Å². The second-order valence-corrected chi connectivity index (χ2v) is 6.06. The topological polar surface area (TPSA) is 22.1 Å². The molecule has 24 heavy (non-hydrogen) atoms. The first-order chi connectivity index (χ1) is 11.7. The Kier molecular flexibility index (Phi) is 7.47. The van der Waals surface area contributed by atoms with Gasteiger partial charge in [0.2, 0.25) is 5.88 Å². The van der Waals surface area contributed by atoms with Gasteiger partial charge in [-0.25, -0.2) is 9.37 Å². The van der Waals surface area contributed by atoms with E-state index in [4.69, 9.17) is 4.74 Å². The molecule has 0 radical (unpaired) electrons. The van der Waals surface area contributed by atoms with Gasteiger partial charge in [0.25, 0.3) is 0 Å². The Morgan fingerprint density at radius 3 is 2.46 bits per heavy atom. The first-order valence-corrected chi connectivity index (χ1v) is 8.62. The molecule has 0 aliphatic rings. The first kappa shape index (κ1) is 18.2. The van der Waals surface area contributed by atoms with Crippen molar-refractivity contribution in [1.82, 2.24) is 4.98 Å². The quantitative estimate of drug-likeness (QED) is 0.408. The van der Waals surface area contributed by atoms with Gasteiger partial charge in [-0.1, -0.05) is 49.8 Å². The number of hydrogen-bond donors (Lipinski definition) is 0. The molecule has 0 N–H and O–H groups in total. The number of unbranched alkanes of at least 4 members (excludes halogenated alkanes) is 2. The number of benzene rings is 1. The van der Waals surface area contributed by atoms with Crippen molar-refractivity contribution in [3.8, 4) is 17.0 Å². The fourth-order valence-electron chi connectivity index (χ4n) is 2.58. The van der Waals surface area contributed by atoms with Crippen LogP contribution in [-0.2, 0) is 6.42 Å². The van der Waals surface area contributed by atoms with E-state index in [-0.39, 0.29) is 0 Å². The number of pyridine rings is 1. The highest BCUT2D eigenvalue weighted by molar-refractivity contribution is 5.62. The molecule has 1 aromatic carbocycles. The summed E-state index contributed by atoms with van der Waals surface area (Å²) < 4.78 is 18.1. The van der Waals surface area contributed by atoms with E-state index in [9.17, 15) is 4.39 Å². The van der Waals surface area contributed by atoms with E-state index in [1.165, 1.54) is 5.56 Å². The van der Waals surface area contributed by atoms with Crippen molar-refractivity contribution in [3.05, 3.63) is 60.8 Å². The average Bonchev–Trinajstić information content (AvgIpc) is 2.60. The smallest absolute Gasteiger partial charge is 0.213 e. The minimum absolute atomic E-state index is 0.464. The van der Waals surface area contributed by atoms with Crippen LogP contribution in [0.1, 0.15) is 38.2 Å². The molecule has 1 aromatic heterocycles. The van der Waals surface area contributed by atoms with Gasteiger partial charge in [-0.15, -0.1) is 0 Å². The zero-order valence-corrected chi connectivity index (χ0v) is 14.4. The van der Waals surface area contributed by atoms with Crippen LogP contribution in [0.25, 0.3) is 11.1 Å². The molecule has 0 fully saturated rings. The Balaban J connectivity index is 1.83. The van der Waals surface area contributed by atoms with Gasteiger partial charge in [0, 0.05) is 17.8 Å². The van der Waals surface area contributed by atoms with Crippen molar-refractivity contribution in [2.24, 2.45) is 0 Å². The van der Waals surface area contributed by atoms with Gasteiger partial charge in [-0.3, -0.25) is 0 Å². The normalized spacial score (nSPS) is 11.9. The average molecular weight is 327 g/mol. The summed E-state index contributed by atoms with van der Waals surface area (Å²) in [5, 5.41) is 0. The highest BCUT2D eigenvalue weighted by atomic mass is 19.1. The van der Waals surface area contributed by atoms with Crippen LogP contribution < -0.4 is 4.74 Å². The SMILES string of the molecule is C=CCOc1ccc(-c2ccc(CCCCCC(C)F)cc2)cn1. The maximum absolute atomic E-state index is 12.7. The van der Waals surface area contributed by atoms with Crippen molar-refractivity contribution in [3.63, 3.8) is 0 Å². The number of aromatic nitrogens is 1. The Morgan fingerprint density at radius 2 is 1.83 bits per heavy atom. The van der Waals surface area contributed by atoms with Crippen LogP contribution in [0.4, 0.5) is 4.39 Å². The Morgan fingerprint density at radius 1 is 1.08 bits per heavy atom. The van der Waals surface area contributed by atoms with Crippen molar-refractivity contribution in [1.29, 1.82) is 0 Å². The molecule has 0 aliphatic carbocycles. The van der Waals surface area contributed by atoms with Crippen molar-refractivity contribution in [2.75, 3.05) is 6.61 Å². The zero-order valence-electron chi connectivity index (χ0n) is 14.4. The second-order valence-electron chi connectivity index (χ2n) is 6.06. The molecule has 1 heterocycles. The summed E-state index contributed by atoms with van der Waals surface area (Å²) in [6.45, 7) is 5.71. The molecule has 0 spiro atoms. The summed E-state index contributed by atoms with van der Waals surface area (Å²) >= 11 is 0. The molecular weight excluding hydrogens is 301 g/mol. The predicted octanol–water partition coefficient (Wildman–Crippen LogP) is 5.77. The standard InChI is InChI=1S/C21H26FNO/c1-3-15-24-21-14-13-20(16-23-21)19-11-9-18(10-12-19)8-6-4-5-7-17(2)22/h3,9-14,16-17H,1,4-8,15H2,2H3. The molecule has 0 aliphatic heterocycles. The summed E-state index contributed by atoms with van der Waals surface area (Å²) in [6, 6.07) is 12.5. The lowest BCUT2D eigenvalue weighted by Gasteiger charge is -2.06. The minimum atomic E-state index is -0.675. The van der Waals surface area contributed by atoms with Crippen LogP contribution in [0.3, 0.4) is 0 Å². The maximum atomic E-state index is 12.7. The monoisotopic (exact) mass is 327 g/mol. The molecule has 1 unspecified atom stereocenters. The minimum Gasteiger partial charge on any atom is -0.473 e. The molecule has 0 saturated heterocycles. The molecule has 1 atom stereocenters. The van der Waals surface area contributed by atoms with Crippen LogP contribution >= 0.6 is 0 Å². The van der Waals surface area contributed by atoms with Gasteiger partial charge in [0.05, 0.1) is 6.17 Å². The van der Waals surface area contributed by atoms with Crippen LogP contribution in [0.15, 0.2) is 55.3 Å². The molecule has 2 aromatic rings. The van der Waals surface area contributed by atoms with Gasteiger partial charge in [-0.05, 0) is 43.4 Å². The summed E-state index contributed by atoms with van der Waals surface area (Å²) in [6.07, 6.45) is 7.76. The Labute approximate surface area is 144 Å². The third kappa shape index (κ3) is 6.15. The molecule has 3 heteroatoms. The lowest BCUT2D eigenvalue weighted by atomic mass is 10.0. The van der Waals surface area contributed by atoms with Crippen LogP contribution in [-0.4, -0.2) is 17.8 Å². The molecule has 0 bridgehead atoms. The molecular formula is C21H26FNO. The Hall–Kier alpha value is -2.16. The molecule has 128 valence electrons. The van der Waals surface area contributed by atoms with E-state index in [1.54, 1.807) is 13.0 Å². The van der Waals surface area contributed by atoms with E-state index >= 15 is 0 Å². The summed E-state index contributed by atoms with van der Waals surface area (Å²) in [4.78, 5) is 4.30. The predicted molar refractivity (Wildman–Crippen MR) is 98.1 cm³/mol. The van der Waals surface area contributed by atoms with Gasteiger partial charge < -0.3 is 4.74 Å². The summed E-state index contributed by atoms with van der Waals surface area (Å²) in [5.74, 6) is 0.609. The third-order valence-corrected chi connectivity index (χ3v) is 3.94. The summed E-state index contributed by atoms with van der Waals surface area (Å²) in [5.41, 5.74) is 3.54. The van der Waals surface area contributed by atoms with E-state index in [0.717, 1.165) is 36.8 Å². The highest BCUT2D eigenvalue weighted by Gasteiger charge is 2.02. The largest absolute Gasteiger partial charge is 0.473 e. The number of nitrogens with zero attached hydrogens (tertiary/aromatic N) is 1. The molecule has 0 amide bonds. The second kappa shape index (κ2) is 9.86. The summed E-state index contributed by atoms with van der Waals surface area (Å²) in [7, 11) is 0. The number of aryl methyl sites for hydroxylation is 1. The van der Waals surface area contributed by atoms with Crippen molar-refractivity contribution < 1.29 is 9.13 Å². The van der Waals surface area contributed by atoms with E-state index in [0.29, 0.717) is 18.9 Å². The fraction of sp³-hybridized carbons (Fsp3) is 0.381. The first-order valence-electron chi connectivity index (χ1n) is 8.62. The van der Waals surface area contributed by atoms with E-state index in [2.05, 4.69) is 35.8 Å². The maximum Gasteiger partial charge on any atom is 0.213 e. The number of halogens is 1. The lowest BCUT2D eigenvalue weighted by Crippen LogP contribution is -1.95. The van der Waals surface area contributed by atoms with Gasteiger partial charge in [0.15, 0.2) is 0 Å². The van der Waals surface area contributed by atoms with Crippen LogP contribution in [0.5, 0.6) is 5.88 Å². The van der Waals surface area contributed by atoms with Gasteiger partial charge in [0.1, 0.15) is 6.61 Å². The Bertz CT molecular complexity index is 605. The van der Waals surface area contributed by atoms with E-state index < -0.39 is 6.17 Å². The van der Waals surface area contributed by atoms with Gasteiger partial charge >= 0.3 is 0 Å². The molecule has 2 nitrogen and oxygen atoms in total. The third-order valence-electron chi connectivity index (χ3n) is 3.94. The number of ether oxygens (including phenoxy) is 1. The van der Waals surface area contributed by atoms with Crippen LogP contribution in [0, 0.1) is 0 Å². The van der Waals surface area contributed by atoms with Gasteiger partial charge in [-0.2, -0.15) is 0 Å². The highest BCUT2D eigenvalue weighted by Crippen LogP contribution is 2.21. The van der Waals surface area contributed by atoms with E-state index in [1.807, 2.05) is 18.3 Å². The zero-order chi connectivity index (χ0) is 17.2. The molecule has 0 saturated carbocycles. The van der Waals surface area contributed by atoms with Crippen molar-refractivity contribution >= 4 is 0 Å². The fourth-order valence-corrected chi connectivity index (χ4v) is 2.58. The number of rotatable bonds is 10. The van der Waals surface area contributed by atoms with Crippen molar-refractivity contribution in [2.45, 2.75) is 45.2 Å². The number of alkyl halides is 1.